The Kier molecular flexibility index (Phi) is 4.46. The molecule has 3 heterocycles. The second-order valence-electron chi connectivity index (χ2n) is 6.80. The molecule has 4 rings (SSSR count). The molecule has 2 amide bonds. The molecule has 1 saturated heterocycles. The lowest BCUT2D eigenvalue weighted by atomic mass is 10.2. The van der Waals surface area contributed by atoms with E-state index in [4.69, 9.17) is 4.52 Å². The Labute approximate surface area is 162 Å². The summed E-state index contributed by atoms with van der Waals surface area (Å²) in [7, 11) is 0. The van der Waals surface area contributed by atoms with Crippen LogP contribution in [0.5, 0.6) is 0 Å². The Morgan fingerprint density at radius 1 is 1.00 bits per heavy atom. The fourth-order valence-electron chi connectivity index (χ4n) is 3.54. The topological polar surface area (TPSA) is 84.5 Å². The summed E-state index contributed by atoms with van der Waals surface area (Å²) < 4.78 is 6.84. The van der Waals surface area contributed by atoms with Crippen molar-refractivity contribution in [3.63, 3.8) is 0 Å². The van der Waals surface area contributed by atoms with Gasteiger partial charge in [-0.3, -0.25) is 9.59 Å². The fourth-order valence-corrected chi connectivity index (χ4v) is 3.54. The van der Waals surface area contributed by atoms with E-state index in [1.54, 1.807) is 24.7 Å². The number of nitrogens with zero attached hydrogens (tertiary/aromatic N) is 5. The first-order valence-electron chi connectivity index (χ1n) is 9.15. The zero-order valence-corrected chi connectivity index (χ0v) is 16.0. The van der Waals surface area contributed by atoms with Crippen LogP contribution in [0.2, 0.25) is 0 Å². The summed E-state index contributed by atoms with van der Waals surface area (Å²) in [4.78, 5) is 26.2. The Morgan fingerprint density at radius 3 is 2.32 bits per heavy atom. The van der Waals surface area contributed by atoms with Gasteiger partial charge in [-0.1, -0.05) is 23.4 Å². The van der Waals surface area contributed by atoms with Crippen molar-refractivity contribution >= 4 is 11.8 Å². The maximum Gasteiger partial charge on any atom is 0.277 e. The van der Waals surface area contributed by atoms with Gasteiger partial charge in [0.05, 0.1) is 28.8 Å². The third kappa shape index (κ3) is 2.87. The maximum absolute atomic E-state index is 13.2. The van der Waals surface area contributed by atoms with Crippen LogP contribution in [0.1, 0.15) is 44.3 Å². The third-order valence-corrected chi connectivity index (χ3v) is 4.99. The van der Waals surface area contributed by atoms with Gasteiger partial charge < -0.3 is 4.52 Å². The van der Waals surface area contributed by atoms with Gasteiger partial charge in [-0.25, -0.2) is 14.7 Å². The first kappa shape index (κ1) is 18.0. The first-order chi connectivity index (χ1) is 13.5. The van der Waals surface area contributed by atoms with E-state index < -0.39 is 0 Å². The number of hydrogen-bond donors (Lipinski definition) is 0. The lowest BCUT2D eigenvalue weighted by Gasteiger charge is -2.27. The van der Waals surface area contributed by atoms with Gasteiger partial charge in [0.2, 0.25) is 0 Å². The van der Waals surface area contributed by atoms with Crippen LogP contribution in [-0.2, 0) is 0 Å². The second-order valence-corrected chi connectivity index (χ2v) is 6.80. The van der Waals surface area contributed by atoms with Gasteiger partial charge in [0.25, 0.3) is 11.8 Å². The van der Waals surface area contributed by atoms with Crippen LogP contribution in [0.4, 0.5) is 0 Å². The highest BCUT2D eigenvalue weighted by Gasteiger charge is 2.35. The number of hydrazine groups is 1. The smallest absolute Gasteiger partial charge is 0.277 e. The molecule has 8 heteroatoms. The minimum absolute atomic E-state index is 0.239. The summed E-state index contributed by atoms with van der Waals surface area (Å²) in [5.74, 6) is -0.0534. The molecule has 0 aliphatic carbocycles. The van der Waals surface area contributed by atoms with Crippen molar-refractivity contribution < 1.29 is 14.1 Å². The van der Waals surface area contributed by atoms with Gasteiger partial charge in [0, 0.05) is 13.1 Å². The molecule has 0 unspecified atom stereocenters. The normalized spacial score (nSPS) is 14.0. The van der Waals surface area contributed by atoms with Gasteiger partial charge >= 0.3 is 0 Å². The summed E-state index contributed by atoms with van der Waals surface area (Å²) in [6, 6.07) is 9.62. The molecular weight excluding hydrogens is 358 g/mol. The Bertz CT molecular complexity index is 1020. The highest BCUT2D eigenvalue weighted by molar-refractivity contribution is 6.00. The molecule has 1 aliphatic rings. The van der Waals surface area contributed by atoms with E-state index in [2.05, 4.69) is 10.3 Å². The van der Waals surface area contributed by atoms with Gasteiger partial charge in [0.15, 0.2) is 0 Å². The molecule has 0 atom stereocenters. The van der Waals surface area contributed by atoms with Crippen molar-refractivity contribution in [2.45, 2.75) is 27.2 Å². The molecule has 8 nitrogen and oxygen atoms in total. The van der Waals surface area contributed by atoms with E-state index in [9.17, 15) is 9.59 Å². The number of aromatic nitrogens is 3. The largest absolute Gasteiger partial charge is 0.361 e. The van der Waals surface area contributed by atoms with E-state index >= 15 is 0 Å². The molecule has 1 aliphatic heterocycles. The molecular formula is C20H21N5O3. The van der Waals surface area contributed by atoms with E-state index in [0.717, 1.165) is 11.4 Å². The standard InChI is InChI=1S/C20H21N5O3/c1-13-18(15(3)28-22-13)20(27)24-11-7-10-23(24)19(26)17-12-21-25(14(17)2)16-8-5-4-6-9-16/h4-6,8-9,12H,7,10-11H2,1-3H3. The van der Waals surface area contributed by atoms with Crippen LogP contribution in [0.3, 0.4) is 0 Å². The number of para-hydroxylation sites is 1. The lowest BCUT2D eigenvalue weighted by molar-refractivity contribution is 0.0184. The molecule has 28 heavy (non-hydrogen) atoms. The molecule has 1 aromatic carbocycles. The number of benzene rings is 1. The van der Waals surface area contributed by atoms with Crippen molar-refractivity contribution in [3.05, 3.63) is 64.8 Å². The third-order valence-electron chi connectivity index (χ3n) is 4.99. The number of amides is 2. The number of rotatable bonds is 3. The van der Waals surface area contributed by atoms with Crippen molar-refractivity contribution in [3.8, 4) is 5.69 Å². The van der Waals surface area contributed by atoms with Crippen molar-refractivity contribution in [2.24, 2.45) is 0 Å². The van der Waals surface area contributed by atoms with Crippen molar-refractivity contribution in [1.29, 1.82) is 0 Å². The van der Waals surface area contributed by atoms with Crippen LogP contribution in [0.25, 0.3) is 5.69 Å². The Hall–Kier alpha value is -3.42. The summed E-state index contributed by atoms with van der Waals surface area (Å²) in [5.41, 5.74) is 3.02. The Balaban J connectivity index is 1.63. The summed E-state index contributed by atoms with van der Waals surface area (Å²) in [5, 5.41) is 11.2. The highest BCUT2D eigenvalue weighted by atomic mass is 16.5. The average Bonchev–Trinajstić information content (AvgIpc) is 3.41. The van der Waals surface area contributed by atoms with Crippen molar-refractivity contribution in [2.75, 3.05) is 13.1 Å². The average molecular weight is 379 g/mol. The van der Waals surface area contributed by atoms with E-state index in [-0.39, 0.29) is 11.8 Å². The Morgan fingerprint density at radius 2 is 1.68 bits per heavy atom. The molecule has 0 spiro atoms. The molecule has 2 aromatic heterocycles. The van der Waals surface area contributed by atoms with Crippen LogP contribution < -0.4 is 0 Å². The zero-order valence-electron chi connectivity index (χ0n) is 16.0. The zero-order chi connectivity index (χ0) is 19.8. The van der Waals surface area contributed by atoms with Gasteiger partial charge in [-0.15, -0.1) is 0 Å². The van der Waals surface area contributed by atoms with Gasteiger partial charge in [-0.05, 0) is 39.3 Å². The van der Waals surface area contributed by atoms with Gasteiger partial charge in [-0.2, -0.15) is 5.10 Å². The SMILES string of the molecule is Cc1noc(C)c1C(=O)N1CCCN1C(=O)c1cnn(-c2ccccc2)c1C. The maximum atomic E-state index is 13.2. The molecule has 1 fully saturated rings. The number of carbonyl (C=O) groups excluding carboxylic acids is 2. The van der Waals surface area contributed by atoms with E-state index in [1.165, 1.54) is 10.0 Å². The summed E-state index contributed by atoms with van der Waals surface area (Å²) in [6.07, 6.45) is 2.27. The minimum Gasteiger partial charge on any atom is -0.361 e. The molecule has 0 saturated carbocycles. The van der Waals surface area contributed by atoms with Gasteiger partial charge in [0.1, 0.15) is 11.3 Å². The van der Waals surface area contributed by atoms with Crippen LogP contribution in [0.15, 0.2) is 41.1 Å². The number of carbonyl (C=O) groups is 2. The number of hydrogen-bond acceptors (Lipinski definition) is 5. The molecule has 0 N–H and O–H groups in total. The second kappa shape index (κ2) is 6.95. The first-order valence-corrected chi connectivity index (χ1v) is 9.15. The predicted molar refractivity (Wildman–Crippen MR) is 101 cm³/mol. The lowest BCUT2D eigenvalue weighted by Crippen LogP contribution is -2.45. The minimum atomic E-state index is -0.268. The van der Waals surface area contributed by atoms with Crippen LogP contribution >= 0.6 is 0 Å². The highest BCUT2D eigenvalue weighted by Crippen LogP contribution is 2.23. The van der Waals surface area contributed by atoms with Crippen LogP contribution in [-0.4, -0.2) is 49.9 Å². The molecule has 144 valence electrons. The predicted octanol–water partition coefficient (Wildman–Crippen LogP) is 2.69. The summed E-state index contributed by atoms with van der Waals surface area (Å²) >= 11 is 0. The van der Waals surface area contributed by atoms with E-state index in [0.29, 0.717) is 42.1 Å². The van der Waals surface area contributed by atoms with Crippen molar-refractivity contribution in [1.82, 2.24) is 25.0 Å². The fraction of sp³-hybridized carbons (Fsp3) is 0.300. The molecule has 0 radical (unpaired) electrons. The molecule has 0 bridgehead atoms. The van der Waals surface area contributed by atoms with E-state index in [1.807, 2.05) is 37.3 Å². The van der Waals surface area contributed by atoms with Crippen LogP contribution in [0, 0.1) is 20.8 Å². The monoisotopic (exact) mass is 379 g/mol. The molecule has 3 aromatic rings. The summed E-state index contributed by atoms with van der Waals surface area (Å²) in [6.45, 7) is 6.22. The quantitative estimate of drug-likeness (QED) is 0.699. The number of aryl methyl sites for hydroxylation is 2.